The van der Waals surface area contributed by atoms with Crippen molar-refractivity contribution in [3.63, 3.8) is 0 Å². The van der Waals surface area contributed by atoms with Crippen molar-refractivity contribution in [2.24, 2.45) is 0 Å². The van der Waals surface area contributed by atoms with Gasteiger partial charge in [-0.3, -0.25) is 4.79 Å². The zero-order valence-electron chi connectivity index (χ0n) is 10.8. The Labute approximate surface area is 116 Å². The van der Waals surface area contributed by atoms with E-state index in [9.17, 15) is 4.79 Å². The van der Waals surface area contributed by atoms with Crippen molar-refractivity contribution >= 4 is 21.8 Å². The molecule has 2 N–H and O–H groups in total. The van der Waals surface area contributed by atoms with Crippen molar-refractivity contribution in [1.82, 2.24) is 10.6 Å². The summed E-state index contributed by atoms with van der Waals surface area (Å²) in [6, 6.07) is 7.99. The number of carbonyl (C=O) groups is 1. The summed E-state index contributed by atoms with van der Waals surface area (Å²) < 4.78 is 1.03. The van der Waals surface area contributed by atoms with Gasteiger partial charge in [0.1, 0.15) is 0 Å². The van der Waals surface area contributed by atoms with Crippen molar-refractivity contribution in [2.45, 2.75) is 38.3 Å². The Balaban J connectivity index is 2.06. The Kier molecular flexibility index (Phi) is 4.07. The molecule has 1 saturated heterocycles. The summed E-state index contributed by atoms with van der Waals surface area (Å²) in [6.07, 6.45) is 1.97. The zero-order valence-corrected chi connectivity index (χ0v) is 12.4. The molecule has 0 saturated carbocycles. The zero-order chi connectivity index (χ0) is 13.2. The van der Waals surface area contributed by atoms with Gasteiger partial charge < -0.3 is 10.6 Å². The lowest BCUT2D eigenvalue weighted by Gasteiger charge is -2.26. The van der Waals surface area contributed by atoms with Crippen molar-refractivity contribution in [1.29, 1.82) is 0 Å². The van der Waals surface area contributed by atoms with Crippen LogP contribution in [0.4, 0.5) is 0 Å². The highest BCUT2D eigenvalue weighted by atomic mass is 79.9. The predicted octanol–water partition coefficient (Wildman–Crippen LogP) is 2.77. The van der Waals surface area contributed by atoms with E-state index in [-0.39, 0.29) is 11.9 Å². The third-order valence-corrected chi connectivity index (χ3v) is 4.31. The third kappa shape index (κ3) is 2.75. The van der Waals surface area contributed by atoms with E-state index >= 15 is 0 Å². The lowest BCUT2D eigenvalue weighted by Crippen LogP contribution is -2.51. The van der Waals surface area contributed by atoms with E-state index in [1.807, 2.05) is 38.1 Å². The second-order valence-corrected chi connectivity index (χ2v) is 5.93. The molecular formula is C14H19BrN2O. The Hall–Kier alpha value is -0.870. The van der Waals surface area contributed by atoms with Gasteiger partial charge in [0.2, 0.25) is 5.91 Å². The third-order valence-electron chi connectivity index (χ3n) is 3.59. The molecule has 0 aliphatic carbocycles. The smallest absolute Gasteiger partial charge is 0.240 e. The second-order valence-electron chi connectivity index (χ2n) is 5.08. The second kappa shape index (κ2) is 5.41. The molecule has 0 spiro atoms. The molecule has 1 amide bonds. The van der Waals surface area contributed by atoms with Gasteiger partial charge in [0, 0.05) is 4.47 Å². The van der Waals surface area contributed by atoms with E-state index in [0.29, 0.717) is 0 Å². The fourth-order valence-electron chi connectivity index (χ4n) is 2.35. The highest BCUT2D eigenvalue weighted by molar-refractivity contribution is 9.10. The van der Waals surface area contributed by atoms with Crippen LogP contribution in [-0.2, 0) is 4.79 Å². The Morgan fingerprint density at radius 2 is 2.22 bits per heavy atom. The quantitative estimate of drug-likeness (QED) is 0.901. The molecule has 1 aromatic rings. The van der Waals surface area contributed by atoms with E-state index in [0.717, 1.165) is 29.4 Å². The first-order chi connectivity index (χ1) is 8.53. The van der Waals surface area contributed by atoms with Gasteiger partial charge in [-0.25, -0.2) is 0 Å². The molecule has 2 rings (SSSR count). The standard InChI is InChI=1S/C14H19BrN2O/c1-10(11-6-3-4-7-12(11)15)17-13(18)14(2)8-5-9-16-14/h3-4,6-7,10,16H,5,8-9H2,1-2H3,(H,17,18)/t10-,14?/m1/s1. The number of halogens is 1. The minimum Gasteiger partial charge on any atom is -0.348 e. The van der Waals surface area contributed by atoms with E-state index in [1.165, 1.54) is 0 Å². The molecule has 0 bridgehead atoms. The molecule has 98 valence electrons. The molecule has 3 nitrogen and oxygen atoms in total. The van der Waals surface area contributed by atoms with E-state index in [2.05, 4.69) is 26.6 Å². The Bertz CT molecular complexity index is 441. The van der Waals surface area contributed by atoms with Crippen LogP contribution in [0.15, 0.2) is 28.7 Å². The summed E-state index contributed by atoms with van der Waals surface area (Å²) in [5.41, 5.74) is 0.697. The van der Waals surface area contributed by atoms with Gasteiger partial charge in [0.25, 0.3) is 0 Å². The molecular weight excluding hydrogens is 292 g/mol. The van der Waals surface area contributed by atoms with E-state index in [1.54, 1.807) is 0 Å². The lowest BCUT2D eigenvalue weighted by molar-refractivity contribution is -0.127. The van der Waals surface area contributed by atoms with Crippen molar-refractivity contribution in [3.05, 3.63) is 34.3 Å². The topological polar surface area (TPSA) is 41.1 Å². The highest BCUT2D eigenvalue weighted by Crippen LogP contribution is 2.25. The summed E-state index contributed by atoms with van der Waals surface area (Å²) >= 11 is 3.52. The maximum atomic E-state index is 12.3. The predicted molar refractivity (Wildman–Crippen MR) is 76.3 cm³/mol. The van der Waals surface area contributed by atoms with Gasteiger partial charge >= 0.3 is 0 Å². The number of rotatable bonds is 3. The molecule has 1 aliphatic rings. The number of benzene rings is 1. The number of hydrogen-bond acceptors (Lipinski definition) is 2. The minimum absolute atomic E-state index is 0.00676. The maximum Gasteiger partial charge on any atom is 0.240 e. The molecule has 1 aromatic carbocycles. The first-order valence-electron chi connectivity index (χ1n) is 6.33. The summed E-state index contributed by atoms with van der Waals surface area (Å²) in [6.45, 7) is 4.91. The van der Waals surface area contributed by atoms with Crippen LogP contribution in [0, 0.1) is 0 Å². The van der Waals surface area contributed by atoms with Gasteiger partial charge in [0.15, 0.2) is 0 Å². The summed E-state index contributed by atoms with van der Waals surface area (Å²) in [4.78, 5) is 12.3. The molecule has 1 aliphatic heterocycles. The minimum atomic E-state index is -0.407. The lowest BCUT2D eigenvalue weighted by atomic mass is 9.98. The number of carbonyl (C=O) groups excluding carboxylic acids is 1. The summed E-state index contributed by atoms with van der Waals surface area (Å²) in [5, 5.41) is 6.37. The van der Waals surface area contributed by atoms with Crippen molar-refractivity contribution in [2.75, 3.05) is 6.54 Å². The summed E-state index contributed by atoms with van der Waals surface area (Å²) in [7, 11) is 0. The van der Waals surface area contributed by atoms with Crippen molar-refractivity contribution in [3.8, 4) is 0 Å². The fraction of sp³-hybridized carbons (Fsp3) is 0.500. The van der Waals surface area contributed by atoms with Crippen LogP contribution in [0.2, 0.25) is 0 Å². The number of amides is 1. The molecule has 1 fully saturated rings. The van der Waals surface area contributed by atoms with E-state index in [4.69, 9.17) is 0 Å². The van der Waals surface area contributed by atoms with Crippen LogP contribution in [-0.4, -0.2) is 18.0 Å². The maximum absolute atomic E-state index is 12.3. The molecule has 1 unspecified atom stereocenters. The molecule has 0 radical (unpaired) electrons. The number of hydrogen-bond donors (Lipinski definition) is 2. The molecule has 0 aromatic heterocycles. The normalized spacial score (nSPS) is 24.8. The van der Waals surface area contributed by atoms with Crippen LogP contribution < -0.4 is 10.6 Å². The monoisotopic (exact) mass is 310 g/mol. The largest absolute Gasteiger partial charge is 0.348 e. The van der Waals surface area contributed by atoms with Gasteiger partial charge in [-0.2, -0.15) is 0 Å². The molecule has 4 heteroatoms. The number of nitrogens with one attached hydrogen (secondary N) is 2. The van der Waals surface area contributed by atoms with Crippen molar-refractivity contribution < 1.29 is 4.79 Å². The van der Waals surface area contributed by atoms with Crippen LogP contribution in [0.25, 0.3) is 0 Å². The van der Waals surface area contributed by atoms with Crippen LogP contribution in [0.1, 0.15) is 38.3 Å². The van der Waals surface area contributed by atoms with Gasteiger partial charge in [-0.1, -0.05) is 34.1 Å². The Morgan fingerprint density at radius 3 is 2.83 bits per heavy atom. The molecule has 1 heterocycles. The van der Waals surface area contributed by atoms with E-state index < -0.39 is 5.54 Å². The van der Waals surface area contributed by atoms with Gasteiger partial charge in [0.05, 0.1) is 11.6 Å². The Morgan fingerprint density at radius 1 is 1.50 bits per heavy atom. The first-order valence-corrected chi connectivity index (χ1v) is 7.13. The van der Waals surface area contributed by atoms with Gasteiger partial charge in [-0.15, -0.1) is 0 Å². The van der Waals surface area contributed by atoms with Crippen LogP contribution >= 0.6 is 15.9 Å². The first kappa shape index (κ1) is 13.6. The van der Waals surface area contributed by atoms with Crippen LogP contribution in [0.5, 0.6) is 0 Å². The summed E-state index contributed by atoms with van der Waals surface area (Å²) in [5.74, 6) is 0.0863. The fourth-order valence-corrected chi connectivity index (χ4v) is 2.98. The van der Waals surface area contributed by atoms with Crippen LogP contribution in [0.3, 0.4) is 0 Å². The molecule has 18 heavy (non-hydrogen) atoms. The molecule has 2 atom stereocenters. The van der Waals surface area contributed by atoms with Gasteiger partial charge in [-0.05, 0) is 44.9 Å². The SMILES string of the molecule is C[C@@H](NC(=O)C1(C)CCCN1)c1ccccc1Br. The highest BCUT2D eigenvalue weighted by Gasteiger charge is 2.36. The average Bonchev–Trinajstić information content (AvgIpc) is 2.78. The average molecular weight is 311 g/mol.